The van der Waals surface area contributed by atoms with Crippen molar-refractivity contribution in [2.75, 3.05) is 0 Å². The molecule has 2 rings (SSSR count). The highest BCUT2D eigenvalue weighted by Crippen LogP contribution is 2.30. The average molecular weight is 550 g/mol. The summed E-state index contributed by atoms with van der Waals surface area (Å²) in [5.41, 5.74) is 7.85. The Morgan fingerprint density at radius 3 is 2.38 bits per heavy atom. The molecule has 0 radical (unpaired) electrons. The van der Waals surface area contributed by atoms with E-state index in [-0.39, 0.29) is 23.4 Å². The van der Waals surface area contributed by atoms with Crippen LogP contribution >= 0.6 is 0 Å². The number of nitrogens with two attached hydrogens (primary N) is 1. The first kappa shape index (κ1) is 32.8. The topological polar surface area (TPSA) is 103 Å². The van der Waals surface area contributed by atoms with E-state index < -0.39 is 18.3 Å². The molecule has 0 aliphatic carbocycles. The van der Waals surface area contributed by atoms with Gasteiger partial charge in [0.15, 0.2) is 0 Å². The van der Waals surface area contributed by atoms with E-state index in [9.17, 15) is 14.7 Å². The maximum Gasteiger partial charge on any atom is 0.404 e. The van der Waals surface area contributed by atoms with E-state index in [2.05, 4.69) is 52.5 Å². The Morgan fingerprint density at radius 2 is 1.73 bits per heavy atom. The molecule has 0 bridgehead atoms. The molecule has 2 aromatic rings. The van der Waals surface area contributed by atoms with Gasteiger partial charge >= 0.3 is 11.7 Å². The highest BCUT2D eigenvalue weighted by Gasteiger charge is 2.33. The van der Waals surface area contributed by atoms with Crippen LogP contribution < -0.4 is 11.4 Å². The van der Waals surface area contributed by atoms with Crippen LogP contribution in [-0.2, 0) is 4.74 Å². The van der Waals surface area contributed by atoms with Crippen LogP contribution in [0.1, 0.15) is 60.5 Å². The van der Waals surface area contributed by atoms with Crippen LogP contribution in [0.25, 0.3) is 17.0 Å². The number of fused-ring (bicyclic) bond motifs is 1. The molecule has 40 heavy (non-hydrogen) atoms. The molecule has 6 heteroatoms. The van der Waals surface area contributed by atoms with E-state index >= 15 is 0 Å². The van der Waals surface area contributed by atoms with Crippen LogP contribution in [0.5, 0.6) is 0 Å². The molecule has 0 spiro atoms. The molecule has 8 atom stereocenters. The molecule has 2 unspecified atom stereocenters. The fourth-order valence-electron chi connectivity index (χ4n) is 5.31. The molecular weight excluding hydrogens is 502 g/mol. The zero-order valence-electron chi connectivity index (χ0n) is 25.0. The van der Waals surface area contributed by atoms with Gasteiger partial charge in [-0.05, 0) is 60.8 Å². The van der Waals surface area contributed by atoms with Gasteiger partial charge in [0.25, 0.3) is 0 Å². The molecule has 0 fully saturated rings. The first-order chi connectivity index (χ1) is 18.8. The summed E-state index contributed by atoms with van der Waals surface area (Å²) in [4.78, 5) is 23.0. The average Bonchev–Trinajstić information content (AvgIpc) is 2.91. The van der Waals surface area contributed by atoms with E-state index in [1.807, 2.05) is 45.0 Å². The van der Waals surface area contributed by atoms with Crippen molar-refractivity contribution in [2.45, 2.75) is 67.1 Å². The molecule has 0 aliphatic rings. The number of carbonyl (C=O) groups is 1. The summed E-state index contributed by atoms with van der Waals surface area (Å²) in [5.74, 6) is 0.621. The number of benzene rings is 1. The van der Waals surface area contributed by atoms with Crippen LogP contribution in [0.3, 0.4) is 0 Å². The normalized spacial score (nSPS) is 18.6. The maximum atomic E-state index is 11.5. The smallest absolute Gasteiger partial charge is 0.404 e. The van der Waals surface area contributed by atoms with Crippen molar-refractivity contribution < 1.29 is 19.1 Å². The van der Waals surface area contributed by atoms with Crippen LogP contribution in [0.2, 0.25) is 0 Å². The van der Waals surface area contributed by atoms with Gasteiger partial charge in [-0.15, -0.1) is 0 Å². The van der Waals surface area contributed by atoms with Crippen LogP contribution in [0.15, 0.2) is 82.1 Å². The number of ether oxygens (including phenoxy) is 1. The second-order valence-corrected chi connectivity index (χ2v) is 11.4. The summed E-state index contributed by atoms with van der Waals surface area (Å²) < 4.78 is 10.6. The Balaban J connectivity index is 2.02. The number of allylic oxidation sites excluding steroid dienone is 5. The summed E-state index contributed by atoms with van der Waals surface area (Å²) in [7, 11) is 0. The van der Waals surface area contributed by atoms with E-state index in [0.717, 1.165) is 17.4 Å². The molecule has 1 amide bonds. The predicted molar refractivity (Wildman–Crippen MR) is 165 cm³/mol. The highest BCUT2D eigenvalue weighted by atomic mass is 16.6. The first-order valence-electron chi connectivity index (χ1n) is 14.2. The van der Waals surface area contributed by atoms with Gasteiger partial charge in [0.05, 0.1) is 6.10 Å². The minimum absolute atomic E-state index is 0.0297. The van der Waals surface area contributed by atoms with Gasteiger partial charge < -0.3 is 20.0 Å². The van der Waals surface area contributed by atoms with Gasteiger partial charge in [0.2, 0.25) is 0 Å². The van der Waals surface area contributed by atoms with Crippen molar-refractivity contribution in [2.24, 2.45) is 41.2 Å². The number of hydrogen-bond acceptors (Lipinski definition) is 5. The second kappa shape index (κ2) is 15.4. The van der Waals surface area contributed by atoms with E-state index in [0.29, 0.717) is 23.3 Å². The fraction of sp³-hybridized carbons (Fsp3) is 0.471. The van der Waals surface area contributed by atoms with Crippen molar-refractivity contribution in [3.05, 3.63) is 88.8 Å². The largest absolute Gasteiger partial charge is 0.445 e. The summed E-state index contributed by atoms with van der Waals surface area (Å²) in [5, 5.41) is 12.0. The maximum absolute atomic E-state index is 11.5. The van der Waals surface area contributed by atoms with Crippen molar-refractivity contribution in [1.82, 2.24) is 0 Å². The summed E-state index contributed by atoms with van der Waals surface area (Å²) in [6.07, 6.45) is 10.7. The zero-order chi connectivity index (χ0) is 30.0. The van der Waals surface area contributed by atoms with Gasteiger partial charge in [-0.2, -0.15) is 0 Å². The Morgan fingerprint density at radius 1 is 1.02 bits per heavy atom. The second-order valence-electron chi connectivity index (χ2n) is 11.4. The SMILES string of the molecule is C=C/C=C\C(C)[C@H](OC(N)=O)[C@@H](C)[C@H](O)[C@@H](C)C/C(C)=C\[C@H](C)[C@@H](C)C(C)/C=C\c1ccc2oc(=O)ccc2c1. The molecular formula is C34H47NO5. The van der Waals surface area contributed by atoms with Gasteiger partial charge in [-0.1, -0.05) is 96.2 Å². The number of primary amides is 1. The lowest BCUT2D eigenvalue weighted by molar-refractivity contribution is -0.0266. The molecule has 218 valence electrons. The Bertz CT molecular complexity index is 1270. The molecule has 1 aromatic heterocycles. The van der Waals surface area contributed by atoms with Crippen molar-refractivity contribution >= 4 is 23.1 Å². The number of rotatable bonds is 14. The Kier molecular flexibility index (Phi) is 12.7. The summed E-state index contributed by atoms with van der Waals surface area (Å²) in [6, 6.07) is 9.02. The standard InChI is InChI=1S/C34H47NO5/c1-9-10-11-23(4)33(40-34(35)38)27(8)32(37)25(6)19-21(2)18-24(5)26(7)22(3)12-13-28-14-16-30-29(20-28)15-17-31(36)39-30/h9-18,20,22-27,32-33,37H,1,19H2,2-8H3,(H2,35,38)/b11-10-,13-12-,21-18-/t22?,23?,24-,25-,26-,27-,32+,33-/m0/s1. The van der Waals surface area contributed by atoms with Crippen LogP contribution in [-0.4, -0.2) is 23.4 Å². The lowest BCUT2D eigenvalue weighted by Gasteiger charge is -2.33. The zero-order valence-corrected chi connectivity index (χ0v) is 25.0. The highest BCUT2D eigenvalue weighted by molar-refractivity contribution is 5.79. The summed E-state index contributed by atoms with van der Waals surface area (Å²) in [6.45, 7) is 18.4. The van der Waals surface area contributed by atoms with Crippen LogP contribution in [0.4, 0.5) is 4.79 Å². The monoisotopic (exact) mass is 549 g/mol. The van der Waals surface area contributed by atoms with E-state index in [4.69, 9.17) is 14.9 Å². The minimum Gasteiger partial charge on any atom is -0.445 e. The van der Waals surface area contributed by atoms with Crippen molar-refractivity contribution in [3.63, 3.8) is 0 Å². The van der Waals surface area contributed by atoms with Gasteiger partial charge in [0.1, 0.15) is 11.7 Å². The molecule has 0 saturated carbocycles. The molecule has 6 nitrogen and oxygen atoms in total. The van der Waals surface area contributed by atoms with Gasteiger partial charge in [-0.25, -0.2) is 9.59 Å². The third-order valence-corrected chi connectivity index (χ3v) is 8.05. The molecule has 1 aromatic carbocycles. The van der Waals surface area contributed by atoms with E-state index in [1.165, 1.54) is 11.6 Å². The number of hydrogen-bond donors (Lipinski definition) is 2. The van der Waals surface area contributed by atoms with Crippen molar-refractivity contribution in [1.29, 1.82) is 0 Å². The third kappa shape index (κ3) is 9.67. The Labute approximate surface area is 239 Å². The van der Waals surface area contributed by atoms with Gasteiger partial charge in [-0.3, -0.25) is 0 Å². The third-order valence-electron chi connectivity index (χ3n) is 8.05. The Hall–Kier alpha value is -3.38. The molecule has 0 saturated heterocycles. The predicted octanol–water partition coefficient (Wildman–Crippen LogP) is 7.53. The lowest BCUT2D eigenvalue weighted by Crippen LogP contribution is -2.41. The van der Waals surface area contributed by atoms with Gasteiger partial charge in [0, 0.05) is 23.3 Å². The van der Waals surface area contributed by atoms with Crippen molar-refractivity contribution in [3.8, 4) is 0 Å². The lowest BCUT2D eigenvalue weighted by atomic mass is 9.80. The number of carbonyl (C=O) groups excluding carboxylic acids is 1. The minimum atomic E-state index is -0.841. The molecule has 3 N–H and O–H groups in total. The number of amides is 1. The molecule has 1 heterocycles. The number of aliphatic hydroxyl groups excluding tert-OH is 1. The molecule has 0 aliphatic heterocycles. The van der Waals surface area contributed by atoms with E-state index in [1.54, 1.807) is 18.2 Å². The summed E-state index contributed by atoms with van der Waals surface area (Å²) >= 11 is 0. The number of aliphatic hydroxyl groups is 1. The first-order valence-corrected chi connectivity index (χ1v) is 14.2. The fourth-order valence-corrected chi connectivity index (χ4v) is 5.31. The quantitative estimate of drug-likeness (QED) is 0.144. The van der Waals surface area contributed by atoms with Crippen LogP contribution in [0, 0.1) is 35.5 Å².